The van der Waals surface area contributed by atoms with E-state index < -0.39 is 0 Å². The fourth-order valence-corrected chi connectivity index (χ4v) is 1.69. The summed E-state index contributed by atoms with van der Waals surface area (Å²) in [6.45, 7) is 0.471. The zero-order valence-corrected chi connectivity index (χ0v) is 9.78. The van der Waals surface area contributed by atoms with E-state index in [1.165, 1.54) is 0 Å². The van der Waals surface area contributed by atoms with Crippen LogP contribution in [0.15, 0.2) is 18.2 Å². The Balaban J connectivity index is 2.49. The molecule has 2 rings (SSSR count). The summed E-state index contributed by atoms with van der Waals surface area (Å²) in [6.07, 6.45) is 0.579. The Bertz CT molecular complexity index is 496. The molecule has 0 atom stereocenters. The largest absolute Gasteiger partial charge is 0.330 e. The molecule has 16 heavy (non-hydrogen) atoms. The van der Waals surface area contributed by atoms with E-state index in [-0.39, 0.29) is 0 Å². The summed E-state index contributed by atoms with van der Waals surface area (Å²) < 4.78 is 1.54. The van der Waals surface area contributed by atoms with Gasteiger partial charge in [-0.15, -0.1) is 5.10 Å². The molecule has 1 heterocycles. The number of aromatic nitrogens is 4. The van der Waals surface area contributed by atoms with Crippen LogP contribution in [-0.2, 0) is 6.42 Å². The zero-order chi connectivity index (χ0) is 11.5. The highest BCUT2D eigenvalue weighted by molar-refractivity contribution is 6.34. The van der Waals surface area contributed by atoms with Crippen molar-refractivity contribution in [3.05, 3.63) is 34.1 Å². The van der Waals surface area contributed by atoms with Crippen LogP contribution < -0.4 is 5.73 Å². The van der Waals surface area contributed by atoms with Crippen LogP contribution in [0.2, 0.25) is 10.0 Å². The second-order valence-electron chi connectivity index (χ2n) is 3.14. The van der Waals surface area contributed by atoms with Gasteiger partial charge >= 0.3 is 0 Å². The molecule has 0 aliphatic heterocycles. The number of halogens is 2. The van der Waals surface area contributed by atoms with Gasteiger partial charge in [0, 0.05) is 11.4 Å². The van der Waals surface area contributed by atoms with Crippen LogP contribution in [0.4, 0.5) is 0 Å². The normalized spacial score (nSPS) is 10.7. The lowest BCUT2D eigenvalue weighted by Crippen LogP contribution is -2.10. The molecule has 0 bridgehead atoms. The standard InChI is InChI=1S/C9H9Cl2N5/c10-6-1-2-7(11)8(5-6)16-9(3-4-12)13-14-15-16/h1-2,5H,3-4,12H2. The maximum Gasteiger partial charge on any atom is 0.158 e. The average Bonchev–Trinajstić information content (AvgIpc) is 2.70. The van der Waals surface area contributed by atoms with Crippen LogP contribution in [0, 0.1) is 0 Å². The number of nitrogens with two attached hydrogens (primary N) is 1. The molecule has 5 nitrogen and oxygen atoms in total. The third kappa shape index (κ3) is 2.16. The number of hydrogen-bond donors (Lipinski definition) is 1. The molecule has 2 aromatic rings. The average molecular weight is 258 g/mol. The summed E-state index contributed by atoms with van der Waals surface area (Å²) in [6, 6.07) is 5.12. The maximum atomic E-state index is 6.05. The predicted molar refractivity (Wildman–Crippen MR) is 61.9 cm³/mol. The van der Waals surface area contributed by atoms with Gasteiger partial charge in [-0.1, -0.05) is 23.2 Å². The fourth-order valence-electron chi connectivity index (χ4n) is 1.33. The third-order valence-corrected chi connectivity index (χ3v) is 2.59. The number of hydrogen-bond acceptors (Lipinski definition) is 4. The Hall–Kier alpha value is -1.17. The van der Waals surface area contributed by atoms with Crippen molar-refractivity contribution >= 4 is 23.2 Å². The highest BCUT2D eigenvalue weighted by atomic mass is 35.5. The second kappa shape index (κ2) is 4.78. The van der Waals surface area contributed by atoms with Gasteiger partial charge in [0.1, 0.15) is 0 Å². The number of benzene rings is 1. The lowest BCUT2D eigenvalue weighted by molar-refractivity contribution is 0.755. The predicted octanol–water partition coefficient (Wildman–Crippen LogP) is 1.47. The van der Waals surface area contributed by atoms with Crippen LogP contribution in [0.25, 0.3) is 5.69 Å². The maximum absolute atomic E-state index is 6.05. The Kier molecular flexibility index (Phi) is 3.38. The van der Waals surface area contributed by atoms with E-state index in [1.54, 1.807) is 22.9 Å². The molecule has 2 N–H and O–H groups in total. The van der Waals surface area contributed by atoms with E-state index in [2.05, 4.69) is 15.5 Å². The highest BCUT2D eigenvalue weighted by Gasteiger charge is 2.10. The van der Waals surface area contributed by atoms with Gasteiger partial charge in [-0.25, -0.2) is 0 Å². The van der Waals surface area contributed by atoms with Gasteiger partial charge in [-0.05, 0) is 35.2 Å². The summed E-state index contributed by atoms with van der Waals surface area (Å²) in [5.74, 6) is 0.659. The first-order valence-electron chi connectivity index (χ1n) is 4.65. The van der Waals surface area contributed by atoms with Crippen LogP contribution in [0.5, 0.6) is 0 Å². The van der Waals surface area contributed by atoms with Crippen molar-refractivity contribution in [3.63, 3.8) is 0 Å². The molecule has 1 aromatic heterocycles. The van der Waals surface area contributed by atoms with E-state index in [9.17, 15) is 0 Å². The van der Waals surface area contributed by atoms with E-state index in [4.69, 9.17) is 28.9 Å². The summed E-state index contributed by atoms with van der Waals surface area (Å²) in [5.41, 5.74) is 6.12. The number of tetrazole rings is 1. The van der Waals surface area contributed by atoms with Crippen molar-refractivity contribution < 1.29 is 0 Å². The van der Waals surface area contributed by atoms with Crippen molar-refractivity contribution in [2.45, 2.75) is 6.42 Å². The zero-order valence-electron chi connectivity index (χ0n) is 8.27. The first-order valence-corrected chi connectivity index (χ1v) is 5.40. The summed E-state index contributed by atoms with van der Waals surface area (Å²) in [7, 11) is 0. The minimum absolute atomic E-state index is 0.471. The molecular formula is C9H9Cl2N5. The summed E-state index contributed by atoms with van der Waals surface area (Å²) in [5, 5.41) is 12.4. The Labute approximate surface area is 102 Å². The summed E-state index contributed by atoms with van der Waals surface area (Å²) in [4.78, 5) is 0. The van der Waals surface area contributed by atoms with E-state index in [1.807, 2.05) is 0 Å². The van der Waals surface area contributed by atoms with Crippen molar-refractivity contribution in [2.75, 3.05) is 6.54 Å². The Morgan fingerprint density at radius 3 is 2.88 bits per heavy atom. The van der Waals surface area contributed by atoms with Crippen molar-refractivity contribution in [2.24, 2.45) is 5.73 Å². The van der Waals surface area contributed by atoms with Gasteiger partial charge < -0.3 is 5.73 Å². The van der Waals surface area contributed by atoms with Crippen LogP contribution in [0.3, 0.4) is 0 Å². The van der Waals surface area contributed by atoms with Crippen LogP contribution in [0.1, 0.15) is 5.82 Å². The Morgan fingerprint density at radius 1 is 1.31 bits per heavy atom. The lowest BCUT2D eigenvalue weighted by Gasteiger charge is -2.06. The molecular weight excluding hydrogens is 249 g/mol. The van der Waals surface area contributed by atoms with Gasteiger partial charge in [0.2, 0.25) is 0 Å². The molecule has 84 valence electrons. The topological polar surface area (TPSA) is 69.6 Å². The van der Waals surface area contributed by atoms with Crippen molar-refractivity contribution in [3.8, 4) is 5.69 Å². The minimum atomic E-state index is 0.471. The SMILES string of the molecule is NCCc1nnnn1-c1cc(Cl)ccc1Cl. The minimum Gasteiger partial charge on any atom is -0.330 e. The quantitative estimate of drug-likeness (QED) is 0.905. The monoisotopic (exact) mass is 257 g/mol. The smallest absolute Gasteiger partial charge is 0.158 e. The number of rotatable bonds is 3. The molecule has 0 spiro atoms. The highest BCUT2D eigenvalue weighted by Crippen LogP contribution is 2.24. The molecule has 0 aliphatic rings. The molecule has 0 amide bonds. The first kappa shape index (κ1) is 11.3. The molecule has 0 unspecified atom stereocenters. The van der Waals surface area contributed by atoms with Crippen molar-refractivity contribution in [1.29, 1.82) is 0 Å². The number of nitrogens with zero attached hydrogens (tertiary/aromatic N) is 4. The molecule has 0 radical (unpaired) electrons. The van der Waals surface area contributed by atoms with Gasteiger partial charge in [-0.3, -0.25) is 0 Å². The molecule has 1 aromatic carbocycles. The van der Waals surface area contributed by atoms with Gasteiger partial charge in [-0.2, -0.15) is 4.68 Å². The van der Waals surface area contributed by atoms with Crippen LogP contribution in [-0.4, -0.2) is 26.8 Å². The van der Waals surface area contributed by atoms with Gasteiger partial charge in [0.05, 0.1) is 10.7 Å². The molecule has 0 saturated carbocycles. The molecule has 7 heteroatoms. The van der Waals surface area contributed by atoms with E-state index >= 15 is 0 Å². The van der Waals surface area contributed by atoms with Gasteiger partial charge in [0.25, 0.3) is 0 Å². The second-order valence-corrected chi connectivity index (χ2v) is 3.98. The van der Waals surface area contributed by atoms with E-state index in [0.29, 0.717) is 34.5 Å². The Morgan fingerprint density at radius 2 is 2.12 bits per heavy atom. The third-order valence-electron chi connectivity index (χ3n) is 2.04. The molecule has 0 aliphatic carbocycles. The van der Waals surface area contributed by atoms with Crippen LogP contribution >= 0.6 is 23.2 Å². The molecule has 0 fully saturated rings. The summed E-state index contributed by atoms with van der Waals surface area (Å²) >= 11 is 12.0. The van der Waals surface area contributed by atoms with Crippen molar-refractivity contribution in [1.82, 2.24) is 20.2 Å². The lowest BCUT2D eigenvalue weighted by atomic mass is 10.3. The van der Waals surface area contributed by atoms with Gasteiger partial charge in [0.15, 0.2) is 5.82 Å². The first-order chi connectivity index (χ1) is 7.72. The van der Waals surface area contributed by atoms with E-state index in [0.717, 1.165) is 0 Å². The fraction of sp³-hybridized carbons (Fsp3) is 0.222. The molecule has 0 saturated heterocycles.